The molecule has 0 spiro atoms. The lowest BCUT2D eigenvalue weighted by molar-refractivity contribution is -0.135. The number of hydrogen-bond acceptors (Lipinski definition) is 4. The Morgan fingerprint density at radius 3 is 2.52 bits per heavy atom. The minimum absolute atomic E-state index is 0.0155. The molecule has 21 heavy (non-hydrogen) atoms. The van der Waals surface area contributed by atoms with Gasteiger partial charge in [-0.15, -0.1) is 11.3 Å². The zero-order valence-electron chi connectivity index (χ0n) is 12.1. The number of carbonyl (C=O) groups is 2. The van der Waals surface area contributed by atoms with Gasteiger partial charge in [-0.05, 0) is 30.8 Å². The summed E-state index contributed by atoms with van der Waals surface area (Å²) >= 11 is 1.47. The van der Waals surface area contributed by atoms with Crippen molar-refractivity contribution in [2.24, 2.45) is 0 Å². The molecule has 114 valence electrons. The van der Waals surface area contributed by atoms with Crippen molar-refractivity contribution in [3.8, 4) is 0 Å². The summed E-state index contributed by atoms with van der Waals surface area (Å²) in [5.41, 5.74) is 0. The third-order valence-corrected chi connectivity index (χ3v) is 5.08. The van der Waals surface area contributed by atoms with Crippen LogP contribution >= 0.6 is 11.3 Å². The van der Waals surface area contributed by atoms with E-state index in [0.29, 0.717) is 26.2 Å². The summed E-state index contributed by atoms with van der Waals surface area (Å²) in [6, 6.07) is 3.74. The van der Waals surface area contributed by atoms with Crippen LogP contribution in [0, 0.1) is 0 Å². The second kappa shape index (κ2) is 6.58. The smallest absolute Gasteiger partial charge is 0.264 e. The van der Waals surface area contributed by atoms with Crippen LogP contribution in [0.25, 0.3) is 0 Å². The van der Waals surface area contributed by atoms with Crippen molar-refractivity contribution in [3.63, 3.8) is 0 Å². The summed E-state index contributed by atoms with van der Waals surface area (Å²) in [5, 5.41) is 5.22. The van der Waals surface area contributed by atoms with Crippen molar-refractivity contribution in [3.05, 3.63) is 22.4 Å². The fourth-order valence-corrected chi connectivity index (χ4v) is 3.66. The molecule has 0 aliphatic carbocycles. The Bertz CT molecular complexity index is 489. The van der Waals surface area contributed by atoms with Gasteiger partial charge in [0.15, 0.2) is 0 Å². The maximum atomic E-state index is 12.4. The lowest BCUT2D eigenvalue weighted by atomic mass is 10.0. The van der Waals surface area contributed by atoms with Crippen molar-refractivity contribution >= 4 is 23.2 Å². The average Bonchev–Trinajstić information content (AvgIpc) is 3.09. The summed E-state index contributed by atoms with van der Waals surface area (Å²) in [5.74, 6) is 0.297. The Balaban J connectivity index is 1.52. The predicted octanol–water partition coefficient (Wildman–Crippen LogP) is 1.17. The molecule has 0 bridgehead atoms. The SMILES string of the molecule is O=C(c1cccs1)N1CCN(C(=O)[C@H]2CCCCN2)CC1. The van der Waals surface area contributed by atoms with E-state index in [1.807, 2.05) is 27.3 Å². The molecule has 2 fully saturated rings. The number of piperidine rings is 1. The van der Waals surface area contributed by atoms with Gasteiger partial charge in [0.25, 0.3) is 5.91 Å². The molecular weight excluding hydrogens is 286 g/mol. The molecule has 2 aliphatic rings. The molecule has 3 rings (SSSR count). The van der Waals surface area contributed by atoms with Gasteiger partial charge in [0.1, 0.15) is 0 Å². The molecule has 1 atom stereocenters. The highest BCUT2D eigenvalue weighted by atomic mass is 32.1. The van der Waals surface area contributed by atoms with E-state index in [-0.39, 0.29) is 17.9 Å². The van der Waals surface area contributed by atoms with Crippen molar-refractivity contribution in [1.82, 2.24) is 15.1 Å². The van der Waals surface area contributed by atoms with Crippen LogP contribution in [0.1, 0.15) is 28.9 Å². The lowest BCUT2D eigenvalue weighted by Gasteiger charge is -2.37. The van der Waals surface area contributed by atoms with Gasteiger partial charge < -0.3 is 15.1 Å². The van der Waals surface area contributed by atoms with Crippen LogP contribution in [-0.2, 0) is 4.79 Å². The maximum Gasteiger partial charge on any atom is 0.264 e. The number of thiophene rings is 1. The number of nitrogens with one attached hydrogen (secondary N) is 1. The fourth-order valence-electron chi connectivity index (χ4n) is 2.97. The standard InChI is InChI=1S/C15H21N3O2S/c19-14(12-4-1-2-6-16-12)17-7-9-18(10-8-17)15(20)13-5-3-11-21-13/h3,5,11-12,16H,1-2,4,6-10H2/t12-/m1/s1. The third kappa shape index (κ3) is 3.27. The molecule has 1 N–H and O–H groups in total. The van der Waals surface area contributed by atoms with E-state index in [9.17, 15) is 9.59 Å². The number of rotatable bonds is 2. The van der Waals surface area contributed by atoms with Crippen LogP contribution in [0.5, 0.6) is 0 Å². The van der Waals surface area contributed by atoms with Crippen LogP contribution in [0.4, 0.5) is 0 Å². The molecule has 2 saturated heterocycles. The number of nitrogens with zero attached hydrogens (tertiary/aromatic N) is 2. The molecule has 3 heterocycles. The topological polar surface area (TPSA) is 52.7 Å². The first kappa shape index (κ1) is 14.5. The molecular formula is C15H21N3O2S. The van der Waals surface area contributed by atoms with Crippen LogP contribution in [0.15, 0.2) is 17.5 Å². The second-order valence-electron chi connectivity index (χ2n) is 5.60. The van der Waals surface area contributed by atoms with Crippen LogP contribution in [-0.4, -0.2) is 60.4 Å². The van der Waals surface area contributed by atoms with Gasteiger partial charge in [-0.3, -0.25) is 9.59 Å². The summed E-state index contributed by atoms with van der Waals surface area (Å²) in [7, 11) is 0. The Morgan fingerprint density at radius 1 is 1.14 bits per heavy atom. The van der Waals surface area contributed by atoms with E-state index in [1.165, 1.54) is 11.3 Å². The Morgan fingerprint density at radius 2 is 1.90 bits per heavy atom. The van der Waals surface area contributed by atoms with Gasteiger partial charge >= 0.3 is 0 Å². The first-order valence-corrected chi connectivity index (χ1v) is 8.48. The third-order valence-electron chi connectivity index (χ3n) is 4.22. The van der Waals surface area contributed by atoms with Gasteiger partial charge in [-0.25, -0.2) is 0 Å². The monoisotopic (exact) mass is 307 g/mol. The zero-order chi connectivity index (χ0) is 14.7. The summed E-state index contributed by atoms with van der Waals surface area (Å²) < 4.78 is 0. The van der Waals surface area contributed by atoms with Crippen molar-refractivity contribution in [1.29, 1.82) is 0 Å². The van der Waals surface area contributed by atoms with E-state index >= 15 is 0 Å². The minimum Gasteiger partial charge on any atom is -0.338 e. The van der Waals surface area contributed by atoms with E-state index in [0.717, 1.165) is 30.7 Å². The molecule has 6 heteroatoms. The molecule has 0 saturated carbocycles. The van der Waals surface area contributed by atoms with Crippen molar-refractivity contribution < 1.29 is 9.59 Å². The number of piperazine rings is 1. The van der Waals surface area contributed by atoms with Crippen LogP contribution in [0.3, 0.4) is 0 Å². The number of amides is 2. The maximum absolute atomic E-state index is 12.4. The van der Waals surface area contributed by atoms with Gasteiger partial charge in [0, 0.05) is 26.2 Å². The van der Waals surface area contributed by atoms with Crippen LogP contribution < -0.4 is 5.32 Å². The number of hydrogen-bond donors (Lipinski definition) is 1. The largest absolute Gasteiger partial charge is 0.338 e. The first-order chi connectivity index (χ1) is 10.3. The molecule has 0 unspecified atom stereocenters. The van der Waals surface area contributed by atoms with E-state index < -0.39 is 0 Å². The van der Waals surface area contributed by atoms with Crippen molar-refractivity contribution in [2.75, 3.05) is 32.7 Å². The summed E-state index contributed by atoms with van der Waals surface area (Å²) in [6.07, 6.45) is 3.22. The van der Waals surface area contributed by atoms with Gasteiger partial charge in [0.05, 0.1) is 10.9 Å². The quantitative estimate of drug-likeness (QED) is 0.892. The molecule has 1 aromatic heterocycles. The molecule has 5 nitrogen and oxygen atoms in total. The Kier molecular flexibility index (Phi) is 4.55. The molecule has 1 aromatic rings. The fraction of sp³-hybridized carbons (Fsp3) is 0.600. The molecule has 0 radical (unpaired) electrons. The normalized spacial score (nSPS) is 23.1. The summed E-state index contributed by atoms with van der Waals surface area (Å²) in [4.78, 5) is 29.2. The second-order valence-corrected chi connectivity index (χ2v) is 6.54. The minimum atomic E-state index is -0.0155. The lowest BCUT2D eigenvalue weighted by Crippen LogP contribution is -2.55. The van der Waals surface area contributed by atoms with E-state index in [4.69, 9.17) is 0 Å². The van der Waals surface area contributed by atoms with Gasteiger partial charge in [-0.2, -0.15) is 0 Å². The van der Waals surface area contributed by atoms with E-state index in [2.05, 4.69) is 5.32 Å². The predicted molar refractivity (Wildman–Crippen MR) is 82.4 cm³/mol. The molecule has 2 amide bonds. The van der Waals surface area contributed by atoms with E-state index in [1.54, 1.807) is 0 Å². The molecule has 0 aromatic carbocycles. The summed E-state index contributed by atoms with van der Waals surface area (Å²) in [6.45, 7) is 3.50. The number of carbonyl (C=O) groups excluding carboxylic acids is 2. The Labute approximate surface area is 128 Å². The average molecular weight is 307 g/mol. The zero-order valence-corrected chi connectivity index (χ0v) is 12.9. The highest BCUT2D eigenvalue weighted by molar-refractivity contribution is 7.12. The van der Waals surface area contributed by atoms with Gasteiger partial charge in [-0.1, -0.05) is 12.5 Å². The van der Waals surface area contributed by atoms with Crippen molar-refractivity contribution in [2.45, 2.75) is 25.3 Å². The van der Waals surface area contributed by atoms with Crippen LogP contribution in [0.2, 0.25) is 0 Å². The first-order valence-electron chi connectivity index (χ1n) is 7.60. The van der Waals surface area contributed by atoms with Gasteiger partial charge in [0.2, 0.25) is 5.91 Å². The highest BCUT2D eigenvalue weighted by Gasteiger charge is 2.29. The highest BCUT2D eigenvalue weighted by Crippen LogP contribution is 2.15. The Hall–Kier alpha value is -1.40. The molecule has 2 aliphatic heterocycles.